The van der Waals surface area contributed by atoms with Crippen molar-refractivity contribution in [1.82, 2.24) is 0 Å². The lowest BCUT2D eigenvalue weighted by Gasteiger charge is -2.04. The average molecular weight is 142 g/mol. The van der Waals surface area contributed by atoms with E-state index in [1.807, 2.05) is 0 Å². The van der Waals surface area contributed by atoms with E-state index in [4.69, 9.17) is 9.79 Å². The Bertz CT molecular complexity index is 40.2. The Morgan fingerprint density at radius 1 is 1.14 bits per heavy atom. The second-order valence-corrected chi connectivity index (χ2v) is 3.52. The molecule has 0 aromatic heterocycles. The Labute approximate surface area is 45.2 Å². The highest BCUT2D eigenvalue weighted by molar-refractivity contribution is 7.58. The van der Waals surface area contributed by atoms with E-state index in [2.05, 4.69) is 4.31 Å². The highest BCUT2D eigenvalue weighted by Crippen LogP contribution is 2.42. The largest absolute Gasteiger partial charge is 0.350 e. The van der Waals surface area contributed by atoms with Crippen LogP contribution < -0.4 is 0 Å². The number of hydrogen-bond donors (Lipinski definition) is 2. The van der Waals surface area contributed by atoms with Gasteiger partial charge in [-0.2, -0.15) is 0 Å². The quantitative estimate of drug-likeness (QED) is 0.562. The summed E-state index contributed by atoms with van der Waals surface area (Å²) in [5.41, 5.74) is 0. The summed E-state index contributed by atoms with van der Waals surface area (Å²) in [5, 5.41) is 0. The second-order valence-electron chi connectivity index (χ2n) is 1.01. The molecule has 0 saturated carbocycles. The monoisotopic (exact) mass is 142 g/mol. The van der Waals surface area contributed by atoms with Gasteiger partial charge in [-0.05, 0) is 0 Å². The molecule has 0 saturated heterocycles. The minimum atomic E-state index is -1.36. The first-order chi connectivity index (χ1) is 3.13. The van der Waals surface area contributed by atoms with Crippen LogP contribution in [0.5, 0.6) is 0 Å². The van der Waals surface area contributed by atoms with Crippen LogP contribution >= 0.6 is 16.8 Å². The second kappa shape index (κ2) is 3.71. The Kier molecular flexibility index (Phi) is 4.10. The lowest BCUT2D eigenvalue weighted by atomic mass is 12.0. The third-order valence-electron chi connectivity index (χ3n) is 0.236. The molecule has 0 rings (SSSR count). The Hall–Kier alpha value is 0.740. The summed E-state index contributed by atoms with van der Waals surface area (Å²) >= 11 is 0. The van der Waals surface area contributed by atoms with E-state index < -0.39 is 16.8 Å². The zero-order valence-electron chi connectivity index (χ0n) is 4.20. The molecule has 7 heavy (non-hydrogen) atoms. The van der Waals surface area contributed by atoms with Gasteiger partial charge in [0.25, 0.3) is 0 Å². The van der Waals surface area contributed by atoms with Crippen molar-refractivity contribution < 1.29 is 14.1 Å². The lowest BCUT2D eigenvalue weighted by Crippen LogP contribution is -1.71. The molecular formula is C2H8O3P2. The van der Waals surface area contributed by atoms with Crippen LogP contribution in [0.4, 0.5) is 0 Å². The molecule has 5 heteroatoms. The molecule has 0 spiro atoms. The number of hydrogen-bond acceptors (Lipinski definition) is 3. The normalized spacial score (nSPS) is 18.9. The molecule has 44 valence electrons. The summed E-state index contributed by atoms with van der Waals surface area (Å²) in [6.07, 6.45) is 0. The van der Waals surface area contributed by atoms with Gasteiger partial charge in [0.2, 0.25) is 0 Å². The van der Waals surface area contributed by atoms with Gasteiger partial charge >= 0.3 is 0 Å². The van der Waals surface area contributed by atoms with E-state index in [1.54, 1.807) is 0 Å². The zero-order valence-corrected chi connectivity index (χ0v) is 5.99. The average Bonchev–Trinajstić information content (AvgIpc) is 1.27. The van der Waals surface area contributed by atoms with E-state index in [-0.39, 0.29) is 0 Å². The van der Waals surface area contributed by atoms with E-state index >= 15 is 0 Å². The molecule has 0 aromatic carbocycles. The van der Waals surface area contributed by atoms with Gasteiger partial charge in [0, 0.05) is 13.3 Å². The molecule has 2 unspecified atom stereocenters. The van der Waals surface area contributed by atoms with Gasteiger partial charge in [-0.3, -0.25) is 4.31 Å². The lowest BCUT2D eigenvalue weighted by molar-refractivity contribution is 0.467. The molecule has 0 radical (unpaired) electrons. The van der Waals surface area contributed by atoms with Crippen molar-refractivity contribution in [3.8, 4) is 0 Å². The maximum atomic E-state index is 8.42. The van der Waals surface area contributed by atoms with Gasteiger partial charge < -0.3 is 9.79 Å². The standard InChI is InChI=1S/C2H8O3P2/c1-6(3)5-7(2)4/h3-4H,1-2H3. The smallest absolute Gasteiger partial charge is 0.170 e. The van der Waals surface area contributed by atoms with Crippen molar-refractivity contribution in [3.05, 3.63) is 0 Å². The van der Waals surface area contributed by atoms with Gasteiger partial charge in [-0.1, -0.05) is 0 Å². The van der Waals surface area contributed by atoms with Gasteiger partial charge in [0.1, 0.15) is 0 Å². The highest BCUT2D eigenvalue weighted by atomic mass is 31.2. The summed E-state index contributed by atoms with van der Waals surface area (Å²) in [6, 6.07) is 0. The third-order valence-corrected chi connectivity index (χ3v) is 2.13. The summed E-state index contributed by atoms with van der Waals surface area (Å²) in [6.45, 7) is 3.04. The minimum absolute atomic E-state index is 1.36. The van der Waals surface area contributed by atoms with Crippen LogP contribution in [0.15, 0.2) is 0 Å². The van der Waals surface area contributed by atoms with Crippen LogP contribution in [0, 0.1) is 0 Å². The molecule has 0 aromatic rings. The Morgan fingerprint density at radius 2 is 1.43 bits per heavy atom. The van der Waals surface area contributed by atoms with E-state index in [0.717, 1.165) is 0 Å². The first-order valence-corrected chi connectivity index (χ1v) is 4.98. The Morgan fingerprint density at radius 3 is 1.43 bits per heavy atom. The summed E-state index contributed by atoms with van der Waals surface area (Å²) in [4.78, 5) is 16.8. The highest BCUT2D eigenvalue weighted by Gasteiger charge is 1.99. The predicted molar refractivity (Wildman–Crippen MR) is 31.2 cm³/mol. The van der Waals surface area contributed by atoms with Crippen molar-refractivity contribution in [2.75, 3.05) is 13.3 Å². The predicted octanol–water partition coefficient (Wildman–Crippen LogP) is 0.871. The first-order valence-electron chi connectivity index (χ1n) is 1.66. The molecule has 0 aliphatic rings. The van der Waals surface area contributed by atoms with Crippen molar-refractivity contribution in [2.24, 2.45) is 0 Å². The maximum Gasteiger partial charge on any atom is 0.170 e. The molecule has 0 fully saturated rings. The van der Waals surface area contributed by atoms with Crippen LogP contribution in [-0.2, 0) is 4.31 Å². The minimum Gasteiger partial charge on any atom is -0.350 e. The summed E-state index contributed by atoms with van der Waals surface area (Å²) in [7, 11) is -2.72. The topological polar surface area (TPSA) is 49.7 Å². The van der Waals surface area contributed by atoms with E-state index in [9.17, 15) is 0 Å². The SMILES string of the molecule is CP(O)OP(C)O. The van der Waals surface area contributed by atoms with Gasteiger partial charge in [-0.25, -0.2) is 0 Å². The van der Waals surface area contributed by atoms with Crippen LogP contribution in [-0.4, -0.2) is 23.1 Å². The molecule has 3 nitrogen and oxygen atoms in total. The first kappa shape index (κ1) is 7.74. The van der Waals surface area contributed by atoms with Crippen LogP contribution in [0.1, 0.15) is 0 Å². The van der Waals surface area contributed by atoms with Gasteiger partial charge in [0.15, 0.2) is 16.8 Å². The molecule has 2 N–H and O–H groups in total. The van der Waals surface area contributed by atoms with Crippen molar-refractivity contribution in [3.63, 3.8) is 0 Å². The molecule has 0 aliphatic carbocycles. The summed E-state index contributed by atoms with van der Waals surface area (Å²) in [5.74, 6) is 0. The fourth-order valence-electron chi connectivity index (χ4n) is 0.171. The molecule has 0 heterocycles. The number of rotatable bonds is 2. The van der Waals surface area contributed by atoms with E-state index in [1.165, 1.54) is 13.3 Å². The van der Waals surface area contributed by atoms with Crippen LogP contribution in [0.2, 0.25) is 0 Å². The Balaban J connectivity index is 2.95. The third kappa shape index (κ3) is 6.74. The van der Waals surface area contributed by atoms with Crippen LogP contribution in [0.25, 0.3) is 0 Å². The van der Waals surface area contributed by atoms with Gasteiger partial charge in [-0.15, -0.1) is 0 Å². The maximum absolute atomic E-state index is 8.42. The van der Waals surface area contributed by atoms with Crippen molar-refractivity contribution >= 4 is 16.8 Å². The fraction of sp³-hybridized carbons (Fsp3) is 1.00. The van der Waals surface area contributed by atoms with E-state index in [0.29, 0.717) is 0 Å². The fourth-order valence-corrected chi connectivity index (χ4v) is 1.54. The molecule has 0 aliphatic heterocycles. The van der Waals surface area contributed by atoms with Crippen molar-refractivity contribution in [2.45, 2.75) is 0 Å². The zero-order chi connectivity index (χ0) is 5.86. The molecule has 0 amide bonds. The molecule has 2 atom stereocenters. The summed E-state index contributed by atoms with van der Waals surface area (Å²) < 4.78 is 4.49. The van der Waals surface area contributed by atoms with Crippen LogP contribution in [0.3, 0.4) is 0 Å². The molecule has 0 bridgehead atoms. The molecular weight excluding hydrogens is 134 g/mol. The van der Waals surface area contributed by atoms with Crippen molar-refractivity contribution in [1.29, 1.82) is 0 Å². The van der Waals surface area contributed by atoms with Gasteiger partial charge in [0.05, 0.1) is 0 Å².